The van der Waals surface area contributed by atoms with Gasteiger partial charge >= 0.3 is 0 Å². The zero-order chi connectivity index (χ0) is 19.1. The van der Waals surface area contributed by atoms with Crippen molar-refractivity contribution in [1.29, 1.82) is 0 Å². The Bertz CT molecular complexity index is 895. The number of amides is 1. The van der Waals surface area contributed by atoms with Crippen molar-refractivity contribution in [2.45, 2.75) is 19.8 Å². The van der Waals surface area contributed by atoms with Gasteiger partial charge in [-0.25, -0.2) is 4.39 Å². The van der Waals surface area contributed by atoms with Crippen molar-refractivity contribution < 1.29 is 9.18 Å². The molecule has 0 radical (unpaired) electrons. The Kier molecular flexibility index (Phi) is 6.10. The normalized spacial score (nSPS) is 10.4. The van der Waals surface area contributed by atoms with Crippen molar-refractivity contribution in [3.05, 3.63) is 83.3 Å². The largest absolute Gasteiger partial charge is 0.368 e. The number of nitrogens with zero attached hydrogens (tertiary/aromatic N) is 2. The maximum atomic E-state index is 13.6. The first-order chi connectivity index (χ1) is 13.2. The second-order valence-electron chi connectivity index (χ2n) is 6.08. The van der Waals surface area contributed by atoms with Crippen molar-refractivity contribution in [3.8, 4) is 0 Å². The van der Waals surface area contributed by atoms with Crippen molar-refractivity contribution in [1.82, 2.24) is 10.2 Å². The van der Waals surface area contributed by atoms with Crippen LogP contribution >= 0.6 is 0 Å². The summed E-state index contributed by atoms with van der Waals surface area (Å²) < 4.78 is 13.6. The number of benzene rings is 2. The first-order valence-electron chi connectivity index (χ1n) is 8.87. The minimum atomic E-state index is -0.315. The van der Waals surface area contributed by atoms with Crippen LogP contribution < -0.4 is 10.6 Å². The molecule has 0 aliphatic carbocycles. The minimum Gasteiger partial charge on any atom is -0.368 e. The third-order valence-corrected chi connectivity index (χ3v) is 4.18. The molecule has 5 nitrogen and oxygen atoms in total. The standard InChI is InChI=1S/C21H21FN4O/c1-2-15-7-9-17(10-8-15)24-21(27)19-11-12-20(26-25-19)23-14-13-16-5-3-4-6-18(16)22/h3-12H,2,13-14H2,1H3,(H,23,26)(H,24,27). The number of hydrogen-bond donors (Lipinski definition) is 2. The average molecular weight is 364 g/mol. The highest BCUT2D eigenvalue weighted by Crippen LogP contribution is 2.12. The summed E-state index contributed by atoms with van der Waals surface area (Å²) >= 11 is 0. The quantitative estimate of drug-likeness (QED) is 0.663. The Morgan fingerprint density at radius 3 is 2.44 bits per heavy atom. The second-order valence-corrected chi connectivity index (χ2v) is 6.08. The van der Waals surface area contributed by atoms with E-state index in [0.29, 0.717) is 30.0 Å². The molecule has 0 saturated heterocycles. The van der Waals surface area contributed by atoms with Crippen LogP contribution in [0.1, 0.15) is 28.5 Å². The van der Waals surface area contributed by atoms with Crippen LogP contribution in [0.15, 0.2) is 60.7 Å². The molecule has 2 N–H and O–H groups in total. The molecule has 2 aromatic carbocycles. The fourth-order valence-electron chi connectivity index (χ4n) is 2.59. The SMILES string of the molecule is CCc1ccc(NC(=O)c2ccc(NCCc3ccccc3F)nn2)cc1. The lowest BCUT2D eigenvalue weighted by atomic mass is 10.1. The summed E-state index contributed by atoms with van der Waals surface area (Å²) in [7, 11) is 0. The summed E-state index contributed by atoms with van der Waals surface area (Å²) in [4.78, 5) is 12.2. The first-order valence-corrected chi connectivity index (χ1v) is 8.87. The van der Waals surface area contributed by atoms with E-state index in [2.05, 4.69) is 27.8 Å². The van der Waals surface area contributed by atoms with E-state index in [0.717, 1.165) is 6.42 Å². The molecule has 0 atom stereocenters. The molecule has 0 unspecified atom stereocenters. The second kappa shape index (κ2) is 8.89. The molecule has 138 valence electrons. The molecular formula is C21H21FN4O. The van der Waals surface area contributed by atoms with Gasteiger partial charge in [0.15, 0.2) is 5.69 Å². The third-order valence-electron chi connectivity index (χ3n) is 4.18. The van der Waals surface area contributed by atoms with Crippen molar-refractivity contribution in [2.24, 2.45) is 0 Å². The molecule has 1 amide bonds. The van der Waals surface area contributed by atoms with Gasteiger partial charge in [-0.3, -0.25) is 4.79 Å². The number of aromatic nitrogens is 2. The molecule has 3 aromatic rings. The van der Waals surface area contributed by atoms with Gasteiger partial charge in [0.25, 0.3) is 5.91 Å². The Balaban J connectivity index is 1.53. The summed E-state index contributed by atoms with van der Waals surface area (Å²) in [5.41, 5.74) is 2.79. The number of carbonyl (C=O) groups is 1. The number of nitrogens with one attached hydrogen (secondary N) is 2. The van der Waals surface area contributed by atoms with Gasteiger partial charge in [-0.2, -0.15) is 0 Å². The molecule has 0 aliphatic heterocycles. The van der Waals surface area contributed by atoms with Crippen LogP contribution in [0.4, 0.5) is 15.9 Å². The van der Waals surface area contributed by atoms with E-state index in [9.17, 15) is 9.18 Å². The molecule has 1 aromatic heterocycles. The molecule has 1 heterocycles. The third kappa shape index (κ3) is 5.10. The van der Waals surface area contributed by atoms with Crippen LogP contribution in [0.25, 0.3) is 0 Å². The highest BCUT2D eigenvalue weighted by Gasteiger charge is 2.09. The molecule has 0 bridgehead atoms. The molecular weight excluding hydrogens is 343 g/mol. The zero-order valence-corrected chi connectivity index (χ0v) is 15.1. The minimum absolute atomic E-state index is 0.218. The van der Waals surface area contributed by atoms with Gasteiger partial charge in [-0.1, -0.05) is 37.3 Å². The summed E-state index contributed by atoms with van der Waals surface area (Å²) in [5, 5.41) is 13.8. The number of hydrogen-bond acceptors (Lipinski definition) is 4. The van der Waals surface area contributed by atoms with Crippen LogP contribution in [0.3, 0.4) is 0 Å². The summed E-state index contributed by atoms with van der Waals surface area (Å²) in [6.07, 6.45) is 1.48. The lowest BCUT2D eigenvalue weighted by molar-refractivity contribution is 0.102. The van der Waals surface area contributed by atoms with Crippen LogP contribution in [0.2, 0.25) is 0 Å². The monoisotopic (exact) mass is 364 g/mol. The Hall–Kier alpha value is -3.28. The van der Waals surface area contributed by atoms with E-state index < -0.39 is 0 Å². The Morgan fingerprint density at radius 1 is 1.00 bits per heavy atom. The molecule has 0 spiro atoms. The van der Waals surface area contributed by atoms with Crippen molar-refractivity contribution in [3.63, 3.8) is 0 Å². The Morgan fingerprint density at radius 2 is 1.78 bits per heavy atom. The van der Waals surface area contributed by atoms with Crippen LogP contribution in [-0.2, 0) is 12.8 Å². The van der Waals surface area contributed by atoms with Gasteiger partial charge in [0.05, 0.1) is 0 Å². The van der Waals surface area contributed by atoms with E-state index in [1.165, 1.54) is 11.6 Å². The van der Waals surface area contributed by atoms with E-state index in [-0.39, 0.29) is 17.4 Å². The van der Waals surface area contributed by atoms with Gasteiger partial charge in [-0.15, -0.1) is 10.2 Å². The van der Waals surface area contributed by atoms with E-state index in [4.69, 9.17) is 0 Å². The van der Waals surface area contributed by atoms with E-state index in [1.807, 2.05) is 24.3 Å². The fourth-order valence-corrected chi connectivity index (χ4v) is 2.59. The van der Waals surface area contributed by atoms with Crippen molar-refractivity contribution >= 4 is 17.4 Å². The smallest absolute Gasteiger partial charge is 0.276 e. The van der Waals surface area contributed by atoms with Crippen LogP contribution in [-0.4, -0.2) is 22.6 Å². The zero-order valence-electron chi connectivity index (χ0n) is 15.1. The molecule has 0 saturated carbocycles. The van der Waals surface area contributed by atoms with Gasteiger partial charge in [-0.05, 0) is 54.3 Å². The van der Waals surface area contributed by atoms with Gasteiger partial charge in [0.1, 0.15) is 11.6 Å². The van der Waals surface area contributed by atoms with Gasteiger partial charge < -0.3 is 10.6 Å². The first kappa shape index (κ1) is 18.5. The van der Waals surface area contributed by atoms with Crippen molar-refractivity contribution in [2.75, 3.05) is 17.2 Å². The lowest BCUT2D eigenvalue weighted by Gasteiger charge is -2.07. The summed E-state index contributed by atoms with van der Waals surface area (Å²) in [5.74, 6) is 0.00390. The molecule has 27 heavy (non-hydrogen) atoms. The fraction of sp³-hybridized carbons (Fsp3) is 0.190. The predicted molar refractivity (Wildman–Crippen MR) is 104 cm³/mol. The maximum absolute atomic E-state index is 13.6. The maximum Gasteiger partial charge on any atom is 0.276 e. The number of halogens is 1. The topological polar surface area (TPSA) is 66.9 Å². The van der Waals surface area contributed by atoms with E-state index >= 15 is 0 Å². The summed E-state index contributed by atoms with van der Waals surface area (Å²) in [6, 6.07) is 17.6. The number of rotatable bonds is 7. The molecule has 3 rings (SSSR count). The van der Waals surface area contributed by atoms with Crippen LogP contribution in [0.5, 0.6) is 0 Å². The number of carbonyl (C=O) groups excluding carboxylic acids is 1. The molecule has 6 heteroatoms. The number of anilines is 2. The summed E-state index contributed by atoms with van der Waals surface area (Å²) in [6.45, 7) is 2.60. The predicted octanol–water partition coefficient (Wildman–Crippen LogP) is 4.09. The molecule has 0 fully saturated rings. The average Bonchev–Trinajstić information content (AvgIpc) is 2.70. The highest BCUT2D eigenvalue weighted by atomic mass is 19.1. The Labute approximate surface area is 157 Å². The van der Waals surface area contributed by atoms with Gasteiger partial charge in [0.2, 0.25) is 0 Å². The lowest BCUT2D eigenvalue weighted by Crippen LogP contribution is -2.15. The van der Waals surface area contributed by atoms with Crippen LogP contribution in [0, 0.1) is 5.82 Å². The molecule has 0 aliphatic rings. The number of aryl methyl sites for hydroxylation is 1. The van der Waals surface area contributed by atoms with Gasteiger partial charge in [0, 0.05) is 12.2 Å². The highest BCUT2D eigenvalue weighted by molar-refractivity contribution is 6.02. The van der Waals surface area contributed by atoms with E-state index in [1.54, 1.807) is 30.3 Å².